The Morgan fingerprint density at radius 1 is 1.31 bits per heavy atom. The first-order chi connectivity index (χ1) is 12.7. The van der Waals surface area contributed by atoms with Crippen LogP contribution in [0, 0.1) is 12.8 Å². The second-order valence-electron chi connectivity index (χ2n) is 7.23. The Balaban J connectivity index is 1.54. The first-order valence-corrected chi connectivity index (χ1v) is 9.18. The topological polar surface area (TPSA) is 58.8 Å². The number of carbonyl (C=O) groups excluding carboxylic acids is 1. The normalized spacial score (nSPS) is 26.1. The molecule has 0 radical (unpaired) electrons. The van der Waals surface area contributed by atoms with E-state index in [0.717, 1.165) is 37.5 Å². The molecule has 0 aliphatic carbocycles. The number of aromatic nitrogens is 1. The molecule has 138 valence electrons. The molecule has 0 N–H and O–H groups in total. The molecule has 26 heavy (non-hydrogen) atoms. The molecule has 2 fully saturated rings. The second-order valence-corrected chi connectivity index (χ2v) is 7.23. The fourth-order valence-electron chi connectivity index (χ4n) is 4.34. The fourth-order valence-corrected chi connectivity index (χ4v) is 4.34. The molecule has 2 aliphatic rings. The Morgan fingerprint density at radius 2 is 2.19 bits per heavy atom. The summed E-state index contributed by atoms with van der Waals surface area (Å²) < 4.78 is 11.2. The van der Waals surface area contributed by atoms with Crippen LogP contribution in [0.25, 0.3) is 0 Å². The van der Waals surface area contributed by atoms with E-state index in [0.29, 0.717) is 18.2 Å². The van der Waals surface area contributed by atoms with Gasteiger partial charge in [0, 0.05) is 38.4 Å². The minimum absolute atomic E-state index is 0.0260. The number of hydrogen-bond acceptors (Lipinski definition) is 5. The van der Waals surface area contributed by atoms with Gasteiger partial charge in [0.05, 0.1) is 25.0 Å². The Morgan fingerprint density at radius 3 is 2.92 bits per heavy atom. The van der Waals surface area contributed by atoms with E-state index >= 15 is 0 Å². The number of carbonyl (C=O) groups is 1. The number of hydrogen-bond donors (Lipinski definition) is 0. The summed E-state index contributed by atoms with van der Waals surface area (Å²) in [7, 11) is 1.77. The SMILES string of the molecule is CO[C@@H]1CCN(C(=O)c2cccc(C)n2)[C@@H]2CN(Cc3ccco3)C[C@@H]21. The predicted molar refractivity (Wildman–Crippen MR) is 96.7 cm³/mol. The van der Waals surface area contributed by atoms with E-state index in [1.165, 1.54) is 0 Å². The van der Waals surface area contributed by atoms with Gasteiger partial charge in [0.2, 0.25) is 0 Å². The van der Waals surface area contributed by atoms with Gasteiger partial charge in [-0.1, -0.05) is 6.07 Å². The van der Waals surface area contributed by atoms with Crippen LogP contribution >= 0.6 is 0 Å². The highest BCUT2D eigenvalue weighted by atomic mass is 16.5. The zero-order valence-corrected chi connectivity index (χ0v) is 15.3. The molecular weight excluding hydrogens is 330 g/mol. The maximum absolute atomic E-state index is 13.1. The predicted octanol–water partition coefficient (Wildman–Crippen LogP) is 2.34. The van der Waals surface area contributed by atoms with Crippen LogP contribution < -0.4 is 0 Å². The molecule has 0 spiro atoms. The zero-order chi connectivity index (χ0) is 18.1. The van der Waals surface area contributed by atoms with Gasteiger partial charge in [0.25, 0.3) is 5.91 Å². The van der Waals surface area contributed by atoms with Crippen LogP contribution in [0.2, 0.25) is 0 Å². The molecule has 4 heterocycles. The number of ether oxygens (including phenoxy) is 1. The number of likely N-dealkylation sites (tertiary alicyclic amines) is 2. The van der Waals surface area contributed by atoms with Crippen molar-refractivity contribution in [3.8, 4) is 0 Å². The molecule has 1 amide bonds. The van der Waals surface area contributed by atoms with E-state index in [2.05, 4.69) is 9.88 Å². The largest absolute Gasteiger partial charge is 0.468 e. The number of methoxy groups -OCH3 is 1. The van der Waals surface area contributed by atoms with Gasteiger partial charge in [-0.25, -0.2) is 4.98 Å². The smallest absolute Gasteiger partial charge is 0.272 e. The van der Waals surface area contributed by atoms with Crippen molar-refractivity contribution in [2.24, 2.45) is 5.92 Å². The van der Waals surface area contributed by atoms with Gasteiger partial charge in [-0.2, -0.15) is 0 Å². The first kappa shape index (κ1) is 17.2. The van der Waals surface area contributed by atoms with Gasteiger partial charge in [-0.3, -0.25) is 9.69 Å². The third kappa shape index (κ3) is 3.27. The van der Waals surface area contributed by atoms with Crippen molar-refractivity contribution >= 4 is 5.91 Å². The highest BCUT2D eigenvalue weighted by Crippen LogP contribution is 2.34. The minimum atomic E-state index is 0.0260. The van der Waals surface area contributed by atoms with Gasteiger partial charge in [0.15, 0.2) is 0 Å². The van der Waals surface area contributed by atoms with Crippen molar-refractivity contribution in [3.63, 3.8) is 0 Å². The molecular formula is C20H25N3O3. The Labute approximate surface area is 153 Å². The number of pyridine rings is 1. The molecule has 0 saturated carbocycles. The molecule has 0 bridgehead atoms. The van der Waals surface area contributed by atoms with Crippen molar-refractivity contribution in [1.29, 1.82) is 0 Å². The van der Waals surface area contributed by atoms with Crippen LogP contribution in [0.5, 0.6) is 0 Å². The average molecular weight is 355 g/mol. The van der Waals surface area contributed by atoms with Crippen LogP contribution in [-0.4, -0.2) is 59.6 Å². The first-order valence-electron chi connectivity index (χ1n) is 9.18. The van der Waals surface area contributed by atoms with E-state index < -0.39 is 0 Å². The number of piperidine rings is 1. The van der Waals surface area contributed by atoms with Crippen molar-refractivity contribution in [2.75, 3.05) is 26.7 Å². The highest BCUT2D eigenvalue weighted by Gasteiger charge is 2.46. The van der Waals surface area contributed by atoms with Crippen LogP contribution in [0.1, 0.15) is 28.4 Å². The van der Waals surface area contributed by atoms with Gasteiger partial charge >= 0.3 is 0 Å². The zero-order valence-electron chi connectivity index (χ0n) is 15.3. The summed E-state index contributed by atoms with van der Waals surface area (Å²) >= 11 is 0. The molecule has 4 rings (SSSR count). The molecule has 2 saturated heterocycles. The average Bonchev–Trinajstić information content (AvgIpc) is 3.30. The monoisotopic (exact) mass is 355 g/mol. The van der Waals surface area contributed by atoms with Gasteiger partial charge in [0.1, 0.15) is 11.5 Å². The number of fused-ring (bicyclic) bond motifs is 1. The molecule has 6 nitrogen and oxygen atoms in total. The summed E-state index contributed by atoms with van der Waals surface area (Å²) in [6, 6.07) is 9.68. The molecule has 0 unspecified atom stereocenters. The third-order valence-electron chi connectivity index (χ3n) is 5.57. The number of rotatable bonds is 4. The molecule has 2 aromatic heterocycles. The van der Waals surface area contributed by atoms with Crippen LogP contribution in [0.4, 0.5) is 0 Å². The standard InChI is InChI=1S/C20H25N3O3/c1-14-5-3-7-17(21-14)20(24)23-9-8-19(25-2)16-12-22(13-18(16)23)11-15-6-4-10-26-15/h3-7,10,16,18-19H,8-9,11-13H2,1-2H3/t16-,18+,19+/m0/s1. The number of amides is 1. The summed E-state index contributed by atoms with van der Waals surface area (Å²) in [6.45, 7) is 5.14. The Bertz CT molecular complexity index is 761. The number of furan rings is 1. The quantitative estimate of drug-likeness (QED) is 0.843. The van der Waals surface area contributed by atoms with E-state index in [1.54, 1.807) is 13.4 Å². The lowest BCUT2D eigenvalue weighted by atomic mass is 9.88. The number of aryl methyl sites for hydroxylation is 1. The molecule has 2 aromatic rings. The highest BCUT2D eigenvalue weighted by molar-refractivity contribution is 5.92. The van der Waals surface area contributed by atoms with E-state index in [1.807, 2.05) is 42.2 Å². The van der Waals surface area contributed by atoms with Crippen LogP contribution in [-0.2, 0) is 11.3 Å². The fraction of sp³-hybridized carbons (Fsp3) is 0.500. The summed E-state index contributed by atoms with van der Waals surface area (Å²) in [5, 5.41) is 0. The van der Waals surface area contributed by atoms with E-state index in [-0.39, 0.29) is 18.1 Å². The maximum Gasteiger partial charge on any atom is 0.272 e. The lowest BCUT2D eigenvalue weighted by Gasteiger charge is -2.41. The summed E-state index contributed by atoms with van der Waals surface area (Å²) in [4.78, 5) is 21.9. The van der Waals surface area contributed by atoms with Crippen molar-refractivity contribution in [3.05, 3.63) is 53.7 Å². The minimum Gasteiger partial charge on any atom is -0.468 e. The van der Waals surface area contributed by atoms with Gasteiger partial charge in [-0.15, -0.1) is 0 Å². The van der Waals surface area contributed by atoms with Crippen LogP contribution in [0.15, 0.2) is 41.0 Å². The van der Waals surface area contributed by atoms with Crippen molar-refractivity contribution < 1.29 is 13.9 Å². The molecule has 6 heteroatoms. The maximum atomic E-state index is 13.1. The lowest BCUT2D eigenvalue weighted by Crippen LogP contribution is -2.53. The third-order valence-corrected chi connectivity index (χ3v) is 5.57. The van der Waals surface area contributed by atoms with E-state index in [4.69, 9.17) is 9.15 Å². The summed E-state index contributed by atoms with van der Waals surface area (Å²) in [5.74, 6) is 1.30. The molecule has 3 atom stereocenters. The van der Waals surface area contributed by atoms with E-state index in [9.17, 15) is 4.79 Å². The lowest BCUT2D eigenvalue weighted by molar-refractivity contribution is -0.0159. The van der Waals surface area contributed by atoms with Crippen molar-refractivity contribution in [1.82, 2.24) is 14.8 Å². The molecule has 2 aliphatic heterocycles. The number of nitrogens with zero attached hydrogens (tertiary/aromatic N) is 3. The summed E-state index contributed by atoms with van der Waals surface area (Å²) in [5.41, 5.74) is 1.40. The van der Waals surface area contributed by atoms with Crippen molar-refractivity contribution in [2.45, 2.75) is 32.0 Å². The summed E-state index contributed by atoms with van der Waals surface area (Å²) in [6.07, 6.45) is 2.76. The Kier molecular flexibility index (Phi) is 4.78. The van der Waals surface area contributed by atoms with Gasteiger partial charge in [-0.05, 0) is 37.6 Å². The van der Waals surface area contributed by atoms with Crippen LogP contribution in [0.3, 0.4) is 0 Å². The second kappa shape index (κ2) is 7.21. The Hall–Kier alpha value is -2.18. The molecule has 0 aromatic carbocycles. The van der Waals surface area contributed by atoms with Gasteiger partial charge < -0.3 is 14.1 Å².